The Hall–Kier alpha value is -0.200. The fourth-order valence-electron chi connectivity index (χ4n) is 1.10. The first-order chi connectivity index (χ1) is 6.43. The van der Waals surface area contributed by atoms with Crippen LogP contribution in [0, 0.1) is 16.7 Å². The van der Waals surface area contributed by atoms with Gasteiger partial charge in [0.2, 0.25) is 0 Å². The zero-order chi connectivity index (χ0) is 11.2. The molecule has 0 saturated carbocycles. The minimum atomic E-state index is -0.187. The molecule has 0 fully saturated rings. The first-order valence-electron chi connectivity index (χ1n) is 5.03. The number of nitrogens with zero attached hydrogens (tertiary/aromatic N) is 2. The first-order valence-corrected chi connectivity index (χ1v) is 6.43. The fraction of sp³-hybridized carbons (Fsp3) is 0.909. The predicted octanol–water partition coefficient (Wildman–Crippen LogP) is 2.61. The largest absolute Gasteiger partial charge is 0.303 e. The van der Waals surface area contributed by atoms with Gasteiger partial charge in [0.25, 0.3) is 0 Å². The van der Waals surface area contributed by atoms with Crippen LogP contribution in [0.1, 0.15) is 27.2 Å². The number of hydrogen-bond donors (Lipinski definition) is 0. The minimum Gasteiger partial charge on any atom is -0.303 e. The maximum Gasteiger partial charge on any atom is 0.0684 e. The van der Waals surface area contributed by atoms with Crippen molar-refractivity contribution in [2.45, 2.75) is 33.2 Å². The van der Waals surface area contributed by atoms with E-state index in [1.165, 1.54) is 0 Å². The van der Waals surface area contributed by atoms with Gasteiger partial charge in [-0.25, -0.2) is 0 Å². The van der Waals surface area contributed by atoms with Gasteiger partial charge in [-0.15, -0.1) is 0 Å². The molecule has 0 rings (SSSR count). The Morgan fingerprint density at radius 3 is 2.50 bits per heavy atom. The Morgan fingerprint density at radius 2 is 2.07 bits per heavy atom. The average Bonchev–Trinajstić information content (AvgIpc) is 2.15. The van der Waals surface area contributed by atoms with E-state index in [9.17, 15) is 0 Å². The third-order valence-corrected chi connectivity index (χ3v) is 3.37. The van der Waals surface area contributed by atoms with Crippen LogP contribution in [0.4, 0.5) is 0 Å². The highest BCUT2D eigenvalue weighted by atomic mass is 32.2. The van der Waals surface area contributed by atoms with E-state index in [4.69, 9.17) is 5.26 Å². The summed E-state index contributed by atoms with van der Waals surface area (Å²) in [6.07, 6.45) is 3.07. The van der Waals surface area contributed by atoms with Crippen LogP contribution in [0.3, 0.4) is 0 Å². The highest BCUT2D eigenvalue weighted by Crippen LogP contribution is 2.19. The number of thioether (sulfide) groups is 1. The summed E-state index contributed by atoms with van der Waals surface area (Å²) in [4.78, 5) is 2.33. The van der Waals surface area contributed by atoms with Crippen molar-refractivity contribution in [3.8, 4) is 6.07 Å². The molecule has 0 saturated heterocycles. The van der Waals surface area contributed by atoms with E-state index in [1.54, 1.807) is 0 Å². The van der Waals surface area contributed by atoms with Gasteiger partial charge in [0.15, 0.2) is 0 Å². The molecular formula is C11H22N2S. The molecule has 0 aromatic carbocycles. The third-order valence-electron chi connectivity index (χ3n) is 2.55. The van der Waals surface area contributed by atoms with E-state index >= 15 is 0 Å². The van der Waals surface area contributed by atoms with E-state index < -0.39 is 0 Å². The molecule has 0 spiro atoms. The standard InChI is InChI=1S/C11H22N2S/c1-10(8-14-5)13(4)7-6-11(2,3)9-12/h10H,6-8H2,1-5H3. The molecule has 0 aliphatic carbocycles. The highest BCUT2D eigenvalue weighted by molar-refractivity contribution is 7.98. The number of nitriles is 1. The summed E-state index contributed by atoms with van der Waals surface area (Å²) in [5, 5.41) is 8.88. The lowest BCUT2D eigenvalue weighted by Crippen LogP contribution is -2.33. The van der Waals surface area contributed by atoms with Gasteiger partial charge in [0.1, 0.15) is 0 Å². The van der Waals surface area contributed by atoms with E-state index in [-0.39, 0.29) is 5.41 Å². The van der Waals surface area contributed by atoms with Crippen LogP contribution in [-0.2, 0) is 0 Å². The van der Waals surface area contributed by atoms with Crippen molar-refractivity contribution < 1.29 is 0 Å². The normalized spacial score (nSPS) is 14.1. The lowest BCUT2D eigenvalue weighted by molar-refractivity contribution is 0.245. The second-order valence-corrected chi connectivity index (χ2v) is 5.44. The van der Waals surface area contributed by atoms with Gasteiger partial charge in [-0.2, -0.15) is 17.0 Å². The molecule has 2 nitrogen and oxygen atoms in total. The molecule has 0 N–H and O–H groups in total. The molecule has 0 aromatic heterocycles. The van der Waals surface area contributed by atoms with Crippen molar-refractivity contribution in [1.82, 2.24) is 4.90 Å². The van der Waals surface area contributed by atoms with Gasteiger partial charge in [-0.3, -0.25) is 0 Å². The topological polar surface area (TPSA) is 27.0 Å². The van der Waals surface area contributed by atoms with Crippen LogP contribution in [-0.4, -0.2) is 36.5 Å². The lowest BCUT2D eigenvalue weighted by Gasteiger charge is -2.26. The van der Waals surface area contributed by atoms with Gasteiger partial charge < -0.3 is 4.90 Å². The van der Waals surface area contributed by atoms with Crippen LogP contribution in [0.2, 0.25) is 0 Å². The SMILES string of the molecule is CSCC(C)N(C)CCC(C)(C)C#N. The highest BCUT2D eigenvalue weighted by Gasteiger charge is 2.18. The molecule has 0 heterocycles. The molecule has 14 heavy (non-hydrogen) atoms. The van der Waals surface area contributed by atoms with Crippen molar-refractivity contribution in [3.05, 3.63) is 0 Å². The van der Waals surface area contributed by atoms with Crippen LogP contribution in [0.5, 0.6) is 0 Å². The van der Waals surface area contributed by atoms with Crippen molar-refractivity contribution >= 4 is 11.8 Å². The monoisotopic (exact) mass is 214 g/mol. The van der Waals surface area contributed by atoms with Crippen molar-refractivity contribution in [2.75, 3.05) is 25.6 Å². The first kappa shape index (κ1) is 13.8. The van der Waals surface area contributed by atoms with Crippen LogP contribution in [0.25, 0.3) is 0 Å². The maximum atomic E-state index is 8.88. The molecule has 3 heteroatoms. The zero-order valence-electron chi connectivity index (χ0n) is 10.0. The Labute approximate surface area is 92.7 Å². The van der Waals surface area contributed by atoms with E-state index in [0.717, 1.165) is 18.7 Å². The zero-order valence-corrected chi connectivity index (χ0v) is 10.8. The van der Waals surface area contributed by atoms with Crippen molar-refractivity contribution in [3.63, 3.8) is 0 Å². The van der Waals surface area contributed by atoms with Crippen LogP contribution < -0.4 is 0 Å². The quantitative estimate of drug-likeness (QED) is 0.680. The second kappa shape index (κ2) is 6.31. The Bertz CT molecular complexity index is 196. The number of rotatable bonds is 6. The third kappa shape index (κ3) is 5.51. The summed E-state index contributed by atoms with van der Waals surface area (Å²) in [5.41, 5.74) is -0.187. The second-order valence-electron chi connectivity index (χ2n) is 4.53. The summed E-state index contributed by atoms with van der Waals surface area (Å²) in [5.74, 6) is 1.16. The van der Waals surface area contributed by atoms with Crippen LogP contribution >= 0.6 is 11.8 Å². The molecule has 1 unspecified atom stereocenters. The summed E-state index contributed by atoms with van der Waals surface area (Å²) >= 11 is 1.87. The van der Waals surface area contributed by atoms with Gasteiger partial charge in [-0.1, -0.05) is 0 Å². The number of hydrogen-bond acceptors (Lipinski definition) is 3. The fourth-order valence-corrected chi connectivity index (χ4v) is 1.84. The predicted molar refractivity (Wildman–Crippen MR) is 64.5 cm³/mol. The van der Waals surface area contributed by atoms with Crippen LogP contribution in [0.15, 0.2) is 0 Å². The van der Waals surface area contributed by atoms with Gasteiger partial charge in [-0.05, 0) is 47.0 Å². The Kier molecular flexibility index (Phi) is 6.22. The van der Waals surface area contributed by atoms with Gasteiger partial charge >= 0.3 is 0 Å². The maximum absolute atomic E-state index is 8.88. The van der Waals surface area contributed by atoms with E-state index in [0.29, 0.717) is 6.04 Å². The van der Waals surface area contributed by atoms with Gasteiger partial charge in [0, 0.05) is 11.8 Å². The van der Waals surface area contributed by atoms with E-state index in [2.05, 4.69) is 31.2 Å². The minimum absolute atomic E-state index is 0.187. The van der Waals surface area contributed by atoms with E-state index in [1.807, 2.05) is 25.6 Å². The molecule has 0 aromatic rings. The molecule has 82 valence electrons. The molecule has 1 atom stereocenters. The summed E-state index contributed by atoms with van der Waals surface area (Å²) < 4.78 is 0. The summed E-state index contributed by atoms with van der Waals surface area (Å²) in [6, 6.07) is 2.93. The molecule has 0 bridgehead atoms. The summed E-state index contributed by atoms with van der Waals surface area (Å²) in [7, 11) is 2.13. The van der Waals surface area contributed by atoms with Crippen molar-refractivity contribution in [1.29, 1.82) is 5.26 Å². The molecule has 0 radical (unpaired) electrons. The molecule has 0 aliphatic rings. The van der Waals surface area contributed by atoms with Gasteiger partial charge in [0.05, 0.1) is 11.5 Å². The lowest BCUT2D eigenvalue weighted by atomic mass is 9.91. The Balaban J connectivity index is 3.85. The van der Waals surface area contributed by atoms with Crippen molar-refractivity contribution in [2.24, 2.45) is 5.41 Å². The average molecular weight is 214 g/mol. The Morgan fingerprint density at radius 1 is 1.50 bits per heavy atom. The molecular weight excluding hydrogens is 192 g/mol. The molecule has 0 amide bonds. The summed E-state index contributed by atoms with van der Waals surface area (Å²) in [6.45, 7) is 7.23. The smallest absolute Gasteiger partial charge is 0.0684 e. The molecule has 0 aliphatic heterocycles.